The summed E-state index contributed by atoms with van der Waals surface area (Å²) in [5.74, 6) is 0.184. The van der Waals surface area contributed by atoms with Crippen LogP contribution in [-0.4, -0.2) is 17.1 Å². The molecule has 2 rings (SSSR count). The second-order valence-corrected chi connectivity index (χ2v) is 3.75. The largest absolute Gasteiger partial charge is 0.392 e. The van der Waals surface area contributed by atoms with Crippen molar-refractivity contribution in [2.45, 2.75) is 25.4 Å². The topological polar surface area (TPSA) is 63.3 Å². The van der Waals surface area contributed by atoms with Gasteiger partial charge in [-0.25, -0.2) is 0 Å². The number of aliphatic hydroxyl groups excluding tert-OH is 1. The number of aliphatic hydroxyl groups is 1. The molecule has 0 aromatic rings. The summed E-state index contributed by atoms with van der Waals surface area (Å²) in [6.45, 7) is 0. The molecule has 0 heterocycles. The SMILES string of the molecule is NC(=O)[C@H]1[C@@H]2CC[C@@H](C2)[C@H]1O. The van der Waals surface area contributed by atoms with Gasteiger partial charge in [0.1, 0.15) is 0 Å². The zero-order valence-corrected chi connectivity index (χ0v) is 6.36. The van der Waals surface area contributed by atoms with E-state index >= 15 is 0 Å². The number of primary amides is 1. The number of carbonyl (C=O) groups is 1. The first-order valence-electron chi connectivity index (χ1n) is 4.17. The minimum atomic E-state index is -0.439. The first-order valence-corrected chi connectivity index (χ1v) is 4.17. The lowest BCUT2D eigenvalue weighted by Gasteiger charge is -2.23. The summed E-state index contributed by atoms with van der Waals surface area (Å²) < 4.78 is 0. The van der Waals surface area contributed by atoms with Gasteiger partial charge in [-0.2, -0.15) is 0 Å². The number of rotatable bonds is 1. The van der Waals surface area contributed by atoms with E-state index < -0.39 is 6.10 Å². The molecule has 2 fully saturated rings. The molecule has 2 bridgehead atoms. The summed E-state index contributed by atoms with van der Waals surface area (Å²) in [6.07, 6.45) is 2.73. The number of carbonyl (C=O) groups excluding carboxylic acids is 1. The minimum Gasteiger partial charge on any atom is -0.392 e. The third-order valence-electron chi connectivity index (χ3n) is 3.20. The van der Waals surface area contributed by atoms with Crippen LogP contribution in [-0.2, 0) is 4.79 Å². The van der Waals surface area contributed by atoms with Crippen molar-refractivity contribution in [1.29, 1.82) is 0 Å². The smallest absolute Gasteiger partial charge is 0.223 e. The van der Waals surface area contributed by atoms with E-state index in [-0.39, 0.29) is 11.8 Å². The van der Waals surface area contributed by atoms with Crippen LogP contribution in [0.15, 0.2) is 0 Å². The van der Waals surface area contributed by atoms with Crippen molar-refractivity contribution in [3.05, 3.63) is 0 Å². The summed E-state index contributed by atoms with van der Waals surface area (Å²) in [5.41, 5.74) is 5.18. The maximum atomic E-state index is 10.9. The Hall–Kier alpha value is -0.570. The van der Waals surface area contributed by atoms with E-state index in [2.05, 4.69) is 0 Å². The van der Waals surface area contributed by atoms with Crippen LogP contribution < -0.4 is 5.73 Å². The molecule has 3 N–H and O–H groups in total. The van der Waals surface area contributed by atoms with E-state index in [0.717, 1.165) is 19.3 Å². The zero-order chi connectivity index (χ0) is 8.01. The third kappa shape index (κ3) is 0.872. The van der Waals surface area contributed by atoms with Gasteiger partial charge in [0.05, 0.1) is 12.0 Å². The van der Waals surface area contributed by atoms with E-state index in [0.29, 0.717) is 11.8 Å². The summed E-state index contributed by atoms with van der Waals surface area (Å²) >= 11 is 0. The first kappa shape index (κ1) is 7.10. The number of amides is 1. The van der Waals surface area contributed by atoms with Crippen LogP contribution in [0.25, 0.3) is 0 Å². The van der Waals surface area contributed by atoms with E-state index in [1.165, 1.54) is 0 Å². The van der Waals surface area contributed by atoms with Gasteiger partial charge in [-0.3, -0.25) is 4.79 Å². The van der Waals surface area contributed by atoms with Gasteiger partial charge < -0.3 is 10.8 Å². The molecule has 0 unspecified atom stereocenters. The second kappa shape index (κ2) is 2.21. The fourth-order valence-electron chi connectivity index (χ4n) is 2.66. The monoisotopic (exact) mass is 155 g/mol. The van der Waals surface area contributed by atoms with Crippen LogP contribution in [0.4, 0.5) is 0 Å². The number of hydrogen-bond donors (Lipinski definition) is 2. The minimum absolute atomic E-state index is 0.242. The Morgan fingerprint density at radius 1 is 1.36 bits per heavy atom. The Morgan fingerprint density at radius 3 is 2.36 bits per heavy atom. The van der Waals surface area contributed by atoms with Crippen molar-refractivity contribution in [2.24, 2.45) is 23.5 Å². The summed E-state index contributed by atoms with van der Waals surface area (Å²) in [4.78, 5) is 10.9. The summed E-state index contributed by atoms with van der Waals surface area (Å²) in [6, 6.07) is 0. The van der Waals surface area contributed by atoms with Gasteiger partial charge in [0.2, 0.25) is 5.91 Å². The predicted molar refractivity (Wildman–Crippen MR) is 39.5 cm³/mol. The molecule has 0 aromatic carbocycles. The molecule has 3 nitrogen and oxygen atoms in total. The lowest BCUT2D eigenvalue weighted by molar-refractivity contribution is -0.127. The molecule has 11 heavy (non-hydrogen) atoms. The summed E-state index contributed by atoms with van der Waals surface area (Å²) in [5, 5.41) is 9.55. The molecule has 0 spiro atoms. The highest BCUT2D eigenvalue weighted by Gasteiger charge is 2.49. The van der Waals surface area contributed by atoms with Crippen molar-refractivity contribution in [1.82, 2.24) is 0 Å². The molecule has 2 saturated carbocycles. The standard InChI is InChI=1S/C8H13NO2/c9-8(11)6-4-1-2-5(3-4)7(6)10/h4-7,10H,1-3H2,(H2,9,11)/t4-,5+,6+,7-/m1/s1. The molecule has 4 atom stereocenters. The van der Waals surface area contributed by atoms with Crippen LogP contribution in [0.1, 0.15) is 19.3 Å². The molecule has 0 aromatic heterocycles. The fraction of sp³-hybridized carbons (Fsp3) is 0.875. The molecular weight excluding hydrogens is 142 g/mol. The maximum Gasteiger partial charge on any atom is 0.223 e. The van der Waals surface area contributed by atoms with Crippen molar-refractivity contribution in [2.75, 3.05) is 0 Å². The van der Waals surface area contributed by atoms with E-state index in [4.69, 9.17) is 5.73 Å². The first-order chi connectivity index (χ1) is 5.20. The molecule has 2 aliphatic carbocycles. The Labute approximate surface area is 65.6 Å². The Morgan fingerprint density at radius 2 is 2.00 bits per heavy atom. The van der Waals surface area contributed by atoms with Crippen molar-refractivity contribution in [3.8, 4) is 0 Å². The number of nitrogens with two attached hydrogens (primary N) is 1. The summed E-state index contributed by atoms with van der Waals surface area (Å²) in [7, 11) is 0. The predicted octanol–water partition coefficient (Wildman–Crippen LogP) is -0.121. The van der Waals surface area contributed by atoms with Crippen LogP contribution in [0.3, 0.4) is 0 Å². The van der Waals surface area contributed by atoms with E-state index in [9.17, 15) is 9.90 Å². The Kier molecular flexibility index (Phi) is 1.42. The van der Waals surface area contributed by atoms with Crippen LogP contribution in [0.2, 0.25) is 0 Å². The number of hydrogen-bond acceptors (Lipinski definition) is 2. The second-order valence-electron chi connectivity index (χ2n) is 3.75. The molecule has 1 amide bonds. The van der Waals surface area contributed by atoms with Gasteiger partial charge in [-0.1, -0.05) is 0 Å². The molecular formula is C8H13NO2. The molecule has 3 heteroatoms. The quantitative estimate of drug-likeness (QED) is 0.554. The Balaban J connectivity index is 2.17. The molecule has 0 radical (unpaired) electrons. The molecule has 62 valence electrons. The van der Waals surface area contributed by atoms with Gasteiger partial charge in [0.15, 0.2) is 0 Å². The van der Waals surface area contributed by atoms with Gasteiger partial charge in [-0.15, -0.1) is 0 Å². The van der Waals surface area contributed by atoms with E-state index in [1.54, 1.807) is 0 Å². The van der Waals surface area contributed by atoms with Crippen LogP contribution in [0, 0.1) is 17.8 Å². The Bertz CT molecular complexity index is 191. The molecule has 2 aliphatic rings. The van der Waals surface area contributed by atoms with Crippen LogP contribution in [0.5, 0.6) is 0 Å². The highest BCUT2D eigenvalue weighted by molar-refractivity contribution is 5.78. The lowest BCUT2D eigenvalue weighted by atomic mass is 9.86. The lowest BCUT2D eigenvalue weighted by Crippen LogP contribution is -2.37. The van der Waals surface area contributed by atoms with Crippen LogP contribution >= 0.6 is 0 Å². The zero-order valence-electron chi connectivity index (χ0n) is 6.36. The molecule has 0 saturated heterocycles. The van der Waals surface area contributed by atoms with Gasteiger partial charge in [-0.05, 0) is 31.1 Å². The number of fused-ring (bicyclic) bond motifs is 2. The van der Waals surface area contributed by atoms with Crippen molar-refractivity contribution in [3.63, 3.8) is 0 Å². The van der Waals surface area contributed by atoms with Gasteiger partial charge in [0, 0.05) is 0 Å². The maximum absolute atomic E-state index is 10.9. The fourth-order valence-corrected chi connectivity index (χ4v) is 2.66. The molecule has 0 aliphatic heterocycles. The average Bonchev–Trinajstić information content (AvgIpc) is 2.44. The van der Waals surface area contributed by atoms with Gasteiger partial charge in [0.25, 0.3) is 0 Å². The highest BCUT2D eigenvalue weighted by atomic mass is 16.3. The highest BCUT2D eigenvalue weighted by Crippen LogP contribution is 2.48. The van der Waals surface area contributed by atoms with Gasteiger partial charge >= 0.3 is 0 Å². The normalized spacial score (nSPS) is 48.1. The average molecular weight is 155 g/mol. The van der Waals surface area contributed by atoms with E-state index in [1.807, 2.05) is 0 Å². The third-order valence-corrected chi connectivity index (χ3v) is 3.20. The van der Waals surface area contributed by atoms with Crippen molar-refractivity contribution < 1.29 is 9.90 Å². The van der Waals surface area contributed by atoms with Crippen molar-refractivity contribution >= 4 is 5.91 Å².